The van der Waals surface area contributed by atoms with Gasteiger partial charge in [0.2, 0.25) is 0 Å². The number of aryl methyl sites for hydroxylation is 2. The molecule has 0 bridgehead atoms. The molecule has 4 nitrogen and oxygen atoms in total. The minimum Gasteiger partial charge on any atom is -0.455 e. The summed E-state index contributed by atoms with van der Waals surface area (Å²) in [5.41, 5.74) is 3.65. The zero-order valence-corrected chi connectivity index (χ0v) is 15.9. The fourth-order valence-electron chi connectivity index (χ4n) is 3.01. The third kappa shape index (κ3) is 4.94. The quantitative estimate of drug-likeness (QED) is 0.739. The van der Waals surface area contributed by atoms with Crippen LogP contribution in [-0.2, 0) is 14.3 Å². The number of benzene rings is 2. The molecule has 2 aromatic rings. The Balaban J connectivity index is 2.02. The van der Waals surface area contributed by atoms with Gasteiger partial charge in [0.15, 0.2) is 6.61 Å². The topological polar surface area (TPSA) is 55.4 Å². The average molecular weight is 353 g/mol. The predicted molar refractivity (Wildman–Crippen MR) is 104 cm³/mol. The van der Waals surface area contributed by atoms with Crippen LogP contribution < -0.4 is 5.32 Å². The first kappa shape index (κ1) is 19.7. The molecule has 0 aliphatic carbocycles. The molecular formula is C22H27NO3. The molecule has 26 heavy (non-hydrogen) atoms. The second-order valence-corrected chi connectivity index (χ2v) is 6.70. The maximum Gasteiger partial charge on any atom is 0.314 e. The van der Waals surface area contributed by atoms with E-state index in [0.29, 0.717) is 0 Å². The molecule has 0 saturated carbocycles. The van der Waals surface area contributed by atoms with Crippen LogP contribution in [0, 0.1) is 19.8 Å². The van der Waals surface area contributed by atoms with Gasteiger partial charge in [0.25, 0.3) is 5.91 Å². The second-order valence-electron chi connectivity index (χ2n) is 6.70. The summed E-state index contributed by atoms with van der Waals surface area (Å²) >= 11 is 0. The highest BCUT2D eigenvalue weighted by Gasteiger charge is 2.27. The molecule has 0 saturated heterocycles. The van der Waals surface area contributed by atoms with Crippen LogP contribution >= 0.6 is 0 Å². The van der Waals surface area contributed by atoms with E-state index in [1.165, 1.54) is 0 Å². The van der Waals surface area contributed by atoms with Crippen molar-refractivity contribution in [3.05, 3.63) is 65.2 Å². The Morgan fingerprint density at radius 1 is 1.00 bits per heavy atom. The van der Waals surface area contributed by atoms with E-state index < -0.39 is 0 Å². The summed E-state index contributed by atoms with van der Waals surface area (Å²) in [6, 6.07) is 15.4. The van der Waals surface area contributed by atoms with Crippen molar-refractivity contribution in [3.63, 3.8) is 0 Å². The number of carbonyl (C=O) groups excluding carboxylic acids is 2. The molecule has 0 aliphatic heterocycles. The molecule has 138 valence electrons. The zero-order valence-electron chi connectivity index (χ0n) is 15.9. The lowest BCUT2D eigenvalue weighted by Crippen LogP contribution is -2.27. The van der Waals surface area contributed by atoms with Crippen LogP contribution in [-0.4, -0.2) is 18.5 Å². The minimum atomic E-state index is -0.366. The minimum absolute atomic E-state index is 0.131. The molecule has 0 aliphatic rings. The molecule has 0 heterocycles. The van der Waals surface area contributed by atoms with Crippen LogP contribution in [0.3, 0.4) is 0 Å². The number of carbonyl (C=O) groups is 2. The number of esters is 1. The van der Waals surface area contributed by atoms with Gasteiger partial charge in [-0.05, 0) is 36.5 Å². The SMILES string of the molecule is CC[C@@H](C)[C@@H](C(=O)OCC(=O)Nc1c(C)cccc1C)c1ccccc1. The van der Waals surface area contributed by atoms with Crippen LogP contribution in [0.1, 0.15) is 42.9 Å². The molecule has 2 rings (SSSR count). The lowest BCUT2D eigenvalue weighted by molar-refractivity contribution is -0.150. The number of anilines is 1. The number of amides is 1. The Kier molecular flexibility index (Phi) is 6.96. The Morgan fingerprint density at radius 2 is 1.62 bits per heavy atom. The van der Waals surface area contributed by atoms with Gasteiger partial charge in [-0.25, -0.2) is 0 Å². The van der Waals surface area contributed by atoms with E-state index in [-0.39, 0.29) is 30.3 Å². The summed E-state index contributed by atoms with van der Waals surface area (Å²) in [5, 5.41) is 2.84. The van der Waals surface area contributed by atoms with E-state index in [4.69, 9.17) is 4.74 Å². The van der Waals surface area contributed by atoms with Gasteiger partial charge < -0.3 is 10.1 Å². The van der Waals surface area contributed by atoms with Crippen LogP contribution in [0.4, 0.5) is 5.69 Å². The van der Waals surface area contributed by atoms with Crippen molar-refractivity contribution in [3.8, 4) is 0 Å². The largest absolute Gasteiger partial charge is 0.455 e. The Labute approximate surface area is 155 Å². The van der Waals surface area contributed by atoms with Crippen LogP contribution in [0.15, 0.2) is 48.5 Å². The number of rotatable bonds is 7. The molecule has 2 aromatic carbocycles. The lowest BCUT2D eigenvalue weighted by atomic mass is 9.86. The maximum absolute atomic E-state index is 12.6. The Morgan fingerprint density at radius 3 is 2.19 bits per heavy atom. The molecule has 0 radical (unpaired) electrons. The molecule has 1 N–H and O–H groups in total. The van der Waals surface area contributed by atoms with E-state index in [9.17, 15) is 9.59 Å². The molecule has 0 fully saturated rings. The van der Waals surface area contributed by atoms with Gasteiger partial charge in [-0.3, -0.25) is 9.59 Å². The van der Waals surface area contributed by atoms with Crippen molar-refractivity contribution in [1.82, 2.24) is 0 Å². The van der Waals surface area contributed by atoms with Gasteiger partial charge >= 0.3 is 5.97 Å². The second kappa shape index (κ2) is 9.18. The summed E-state index contributed by atoms with van der Waals surface area (Å²) in [6.45, 7) is 7.65. The third-order valence-electron chi connectivity index (χ3n) is 4.72. The molecule has 0 unspecified atom stereocenters. The van der Waals surface area contributed by atoms with Crippen molar-refractivity contribution in [2.45, 2.75) is 40.0 Å². The number of para-hydroxylation sites is 1. The first-order valence-corrected chi connectivity index (χ1v) is 9.01. The summed E-state index contributed by atoms with van der Waals surface area (Å²) in [4.78, 5) is 24.9. The highest BCUT2D eigenvalue weighted by Crippen LogP contribution is 2.28. The van der Waals surface area contributed by atoms with E-state index >= 15 is 0 Å². The zero-order chi connectivity index (χ0) is 19.1. The number of ether oxygens (including phenoxy) is 1. The highest BCUT2D eigenvalue weighted by atomic mass is 16.5. The average Bonchev–Trinajstić information content (AvgIpc) is 2.64. The maximum atomic E-state index is 12.6. The van der Waals surface area contributed by atoms with E-state index in [1.54, 1.807) is 0 Å². The normalized spacial score (nSPS) is 12.9. The van der Waals surface area contributed by atoms with Crippen LogP contribution in [0.25, 0.3) is 0 Å². The van der Waals surface area contributed by atoms with Gasteiger partial charge in [0.1, 0.15) is 0 Å². The first-order valence-electron chi connectivity index (χ1n) is 9.01. The van der Waals surface area contributed by atoms with Gasteiger partial charge in [0, 0.05) is 5.69 Å². The molecule has 0 spiro atoms. The van der Waals surface area contributed by atoms with Crippen molar-refractivity contribution in [2.24, 2.45) is 5.92 Å². The standard InChI is InChI=1S/C22H27NO3/c1-5-15(2)20(18-12-7-6-8-13-18)22(25)26-14-19(24)23-21-16(3)10-9-11-17(21)4/h6-13,15,20H,5,14H2,1-4H3,(H,23,24)/t15-,20-/m1/s1. The van der Waals surface area contributed by atoms with Gasteiger partial charge in [-0.2, -0.15) is 0 Å². The van der Waals surface area contributed by atoms with Gasteiger partial charge in [-0.1, -0.05) is 68.8 Å². The number of hydrogen-bond acceptors (Lipinski definition) is 3. The Hall–Kier alpha value is -2.62. The summed E-state index contributed by atoms with van der Waals surface area (Å²) in [5.74, 6) is -0.922. The predicted octanol–water partition coefficient (Wildman–Crippen LogP) is 4.62. The molecular weight excluding hydrogens is 326 g/mol. The first-order chi connectivity index (χ1) is 12.4. The third-order valence-corrected chi connectivity index (χ3v) is 4.72. The number of hydrogen-bond donors (Lipinski definition) is 1. The van der Waals surface area contributed by atoms with Gasteiger partial charge in [-0.15, -0.1) is 0 Å². The van der Waals surface area contributed by atoms with Crippen LogP contribution in [0.2, 0.25) is 0 Å². The van der Waals surface area contributed by atoms with Gasteiger partial charge in [0.05, 0.1) is 5.92 Å². The summed E-state index contributed by atoms with van der Waals surface area (Å²) in [7, 11) is 0. The highest BCUT2D eigenvalue weighted by molar-refractivity contribution is 5.94. The summed E-state index contributed by atoms with van der Waals surface area (Å²) < 4.78 is 5.34. The van der Waals surface area contributed by atoms with Crippen molar-refractivity contribution in [2.75, 3.05) is 11.9 Å². The molecule has 0 aromatic heterocycles. The van der Waals surface area contributed by atoms with Crippen molar-refractivity contribution < 1.29 is 14.3 Å². The van der Waals surface area contributed by atoms with Crippen molar-refractivity contribution >= 4 is 17.6 Å². The Bertz CT molecular complexity index is 735. The molecule has 4 heteroatoms. The smallest absolute Gasteiger partial charge is 0.314 e. The number of nitrogens with one attached hydrogen (secondary N) is 1. The fourth-order valence-corrected chi connectivity index (χ4v) is 3.01. The van der Waals surface area contributed by atoms with E-state index in [1.807, 2.05) is 76.2 Å². The van der Waals surface area contributed by atoms with E-state index in [0.717, 1.165) is 28.8 Å². The molecule has 2 atom stereocenters. The summed E-state index contributed by atoms with van der Waals surface area (Å²) in [6.07, 6.45) is 0.850. The monoisotopic (exact) mass is 353 g/mol. The lowest BCUT2D eigenvalue weighted by Gasteiger charge is -2.22. The van der Waals surface area contributed by atoms with E-state index in [2.05, 4.69) is 5.32 Å². The van der Waals surface area contributed by atoms with Crippen LogP contribution in [0.5, 0.6) is 0 Å². The van der Waals surface area contributed by atoms with Crippen molar-refractivity contribution in [1.29, 1.82) is 0 Å². The molecule has 1 amide bonds. The fraction of sp³-hybridized carbons (Fsp3) is 0.364.